The summed E-state index contributed by atoms with van der Waals surface area (Å²) in [4.78, 5) is 8.72. The molecule has 6 nitrogen and oxygen atoms in total. The lowest BCUT2D eigenvalue weighted by molar-refractivity contribution is 0.768. The van der Waals surface area contributed by atoms with Crippen molar-refractivity contribution in [2.24, 2.45) is 7.05 Å². The zero-order valence-electron chi connectivity index (χ0n) is 10.3. The average molecular weight is 242 g/mol. The molecule has 0 aromatic carbocycles. The molecule has 0 spiro atoms. The summed E-state index contributed by atoms with van der Waals surface area (Å²) < 4.78 is 3.79. The topological polar surface area (TPSA) is 60.0 Å². The molecule has 0 aliphatic heterocycles. The Morgan fingerprint density at radius 2 is 2.17 bits per heavy atom. The third-order valence-corrected chi connectivity index (χ3v) is 2.77. The van der Waals surface area contributed by atoms with E-state index in [4.69, 9.17) is 0 Å². The van der Waals surface area contributed by atoms with Gasteiger partial charge in [0.15, 0.2) is 11.5 Å². The van der Waals surface area contributed by atoms with Gasteiger partial charge in [0.2, 0.25) is 0 Å². The zero-order chi connectivity index (χ0) is 12.5. The minimum Gasteiger partial charge on any atom is -0.367 e. The van der Waals surface area contributed by atoms with Gasteiger partial charge in [-0.3, -0.25) is 9.08 Å². The molecule has 0 atom stereocenters. The average Bonchev–Trinajstić information content (AvgIpc) is 2.96. The fourth-order valence-electron chi connectivity index (χ4n) is 1.98. The van der Waals surface area contributed by atoms with Gasteiger partial charge in [-0.05, 0) is 6.92 Å². The molecule has 0 aliphatic rings. The van der Waals surface area contributed by atoms with Crippen molar-refractivity contribution in [3.05, 3.63) is 31.0 Å². The molecule has 3 rings (SSSR count). The van der Waals surface area contributed by atoms with E-state index in [9.17, 15) is 0 Å². The van der Waals surface area contributed by atoms with Crippen LogP contribution in [-0.4, -0.2) is 30.7 Å². The number of aryl methyl sites for hydroxylation is 1. The predicted octanol–water partition coefficient (Wildman–Crippen LogP) is 1.56. The number of nitrogens with one attached hydrogen (secondary N) is 1. The molecule has 0 radical (unpaired) electrons. The van der Waals surface area contributed by atoms with Crippen molar-refractivity contribution in [3.8, 4) is 11.3 Å². The summed E-state index contributed by atoms with van der Waals surface area (Å²) in [6.45, 7) is 2.86. The van der Waals surface area contributed by atoms with Crippen LogP contribution in [0.3, 0.4) is 0 Å². The first-order chi connectivity index (χ1) is 8.79. The molecule has 3 aromatic rings. The van der Waals surface area contributed by atoms with Gasteiger partial charge in [-0.15, -0.1) is 0 Å². The normalized spacial score (nSPS) is 11.0. The summed E-state index contributed by atoms with van der Waals surface area (Å²) in [6.07, 6.45) is 9.32. The van der Waals surface area contributed by atoms with E-state index >= 15 is 0 Å². The molecule has 6 heteroatoms. The van der Waals surface area contributed by atoms with E-state index in [-0.39, 0.29) is 0 Å². The van der Waals surface area contributed by atoms with Crippen LogP contribution in [0.4, 0.5) is 5.82 Å². The molecule has 1 N–H and O–H groups in total. The van der Waals surface area contributed by atoms with E-state index in [1.165, 1.54) is 0 Å². The van der Waals surface area contributed by atoms with Crippen molar-refractivity contribution in [1.29, 1.82) is 0 Å². The van der Waals surface area contributed by atoms with Crippen molar-refractivity contribution < 1.29 is 0 Å². The maximum atomic E-state index is 4.42. The Bertz CT molecular complexity index is 681. The van der Waals surface area contributed by atoms with Crippen LogP contribution in [-0.2, 0) is 7.05 Å². The summed E-state index contributed by atoms with van der Waals surface area (Å²) in [5.41, 5.74) is 2.89. The van der Waals surface area contributed by atoms with Crippen LogP contribution in [0.1, 0.15) is 6.92 Å². The first-order valence-corrected chi connectivity index (χ1v) is 5.84. The standard InChI is InChI=1S/C12H14N6/c1-3-13-11-12-15-7-10(18(12)5-4-14-11)9-6-16-17(2)8-9/h4-8H,3H2,1-2H3,(H,13,14). The first kappa shape index (κ1) is 10.8. The Balaban J connectivity index is 2.17. The molecular formula is C12H14N6. The Hall–Kier alpha value is -2.37. The minimum atomic E-state index is 0.801. The smallest absolute Gasteiger partial charge is 0.180 e. The van der Waals surface area contributed by atoms with Crippen LogP contribution < -0.4 is 5.32 Å². The van der Waals surface area contributed by atoms with E-state index < -0.39 is 0 Å². The minimum absolute atomic E-state index is 0.801. The summed E-state index contributed by atoms with van der Waals surface area (Å²) >= 11 is 0. The Morgan fingerprint density at radius 3 is 2.89 bits per heavy atom. The van der Waals surface area contributed by atoms with Gasteiger partial charge in [0, 0.05) is 37.7 Å². The zero-order valence-corrected chi connectivity index (χ0v) is 10.3. The number of fused-ring (bicyclic) bond motifs is 1. The Labute approximate surface area is 104 Å². The first-order valence-electron chi connectivity index (χ1n) is 5.84. The quantitative estimate of drug-likeness (QED) is 0.757. The van der Waals surface area contributed by atoms with Crippen molar-refractivity contribution in [1.82, 2.24) is 24.1 Å². The second-order valence-electron chi connectivity index (χ2n) is 4.05. The molecule has 0 bridgehead atoms. The van der Waals surface area contributed by atoms with Crippen molar-refractivity contribution in [2.75, 3.05) is 11.9 Å². The lowest BCUT2D eigenvalue weighted by Gasteiger charge is -2.04. The van der Waals surface area contributed by atoms with Crippen LogP contribution in [0.15, 0.2) is 31.0 Å². The molecule has 3 heterocycles. The third kappa shape index (κ3) is 1.62. The van der Waals surface area contributed by atoms with Crippen molar-refractivity contribution in [2.45, 2.75) is 6.92 Å². The predicted molar refractivity (Wildman–Crippen MR) is 69.4 cm³/mol. The molecule has 0 aliphatic carbocycles. The fraction of sp³-hybridized carbons (Fsp3) is 0.250. The highest BCUT2D eigenvalue weighted by molar-refractivity contribution is 5.69. The number of hydrogen-bond donors (Lipinski definition) is 1. The van der Waals surface area contributed by atoms with E-state index in [2.05, 4.69) is 20.4 Å². The molecule has 0 unspecified atom stereocenters. The van der Waals surface area contributed by atoms with E-state index in [0.29, 0.717) is 0 Å². The number of hydrogen-bond acceptors (Lipinski definition) is 4. The number of nitrogens with zero attached hydrogens (tertiary/aromatic N) is 5. The largest absolute Gasteiger partial charge is 0.367 e. The van der Waals surface area contributed by atoms with Crippen LogP contribution in [0.5, 0.6) is 0 Å². The van der Waals surface area contributed by atoms with E-state index in [1.807, 2.05) is 43.2 Å². The fourth-order valence-corrected chi connectivity index (χ4v) is 1.98. The molecule has 0 amide bonds. The van der Waals surface area contributed by atoms with Gasteiger partial charge in [0.05, 0.1) is 18.1 Å². The van der Waals surface area contributed by atoms with Crippen molar-refractivity contribution in [3.63, 3.8) is 0 Å². The highest BCUT2D eigenvalue weighted by Gasteiger charge is 2.10. The van der Waals surface area contributed by atoms with Crippen LogP contribution in [0.2, 0.25) is 0 Å². The number of anilines is 1. The summed E-state index contributed by atoms with van der Waals surface area (Å²) in [6, 6.07) is 0. The van der Waals surface area contributed by atoms with E-state index in [0.717, 1.165) is 29.3 Å². The summed E-state index contributed by atoms with van der Waals surface area (Å²) in [5, 5.41) is 7.39. The maximum Gasteiger partial charge on any atom is 0.180 e. The summed E-state index contributed by atoms with van der Waals surface area (Å²) in [7, 11) is 1.90. The molecule has 0 saturated carbocycles. The molecule has 0 fully saturated rings. The Morgan fingerprint density at radius 1 is 1.28 bits per heavy atom. The maximum absolute atomic E-state index is 4.42. The van der Waals surface area contributed by atoms with Gasteiger partial charge in [0.25, 0.3) is 0 Å². The van der Waals surface area contributed by atoms with Crippen LogP contribution in [0, 0.1) is 0 Å². The molecular weight excluding hydrogens is 228 g/mol. The highest BCUT2D eigenvalue weighted by atomic mass is 15.2. The SMILES string of the molecule is CCNc1nccn2c(-c3cnn(C)c3)cnc12. The molecule has 18 heavy (non-hydrogen) atoms. The van der Waals surface area contributed by atoms with Gasteiger partial charge in [-0.1, -0.05) is 0 Å². The van der Waals surface area contributed by atoms with Gasteiger partial charge >= 0.3 is 0 Å². The van der Waals surface area contributed by atoms with Gasteiger partial charge in [-0.25, -0.2) is 9.97 Å². The lowest BCUT2D eigenvalue weighted by Crippen LogP contribution is -2.02. The third-order valence-electron chi connectivity index (χ3n) is 2.77. The number of imidazole rings is 1. The second-order valence-corrected chi connectivity index (χ2v) is 4.05. The van der Waals surface area contributed by atoms with Crippen molar-refractivity contribution >= 4 is 11.5 Å². The second kappa shape index (κ2) is 4.14. The number of rotatable bonds is 3. The monoisotopic (exact) mass is 242 g/mol. The van der Waals surface area contributed by atoms with Crippen LogP contribution in [0.25, 0.3) is 16.9 Å². The molecule has 0 saturated heterocycles. The lowest BCUT2D eigenvalue weighted by atomic mass is 10.3. The number of aromatic nitrogens is 5. The van der Waals surface area contributed by atoms with Crippen LogP contribution >= 0.6 is 0 Å². The molecule has 3 aromatic heterocycles. The molecule has 92 valence electrons. The highest BCUT2D eigenvalue weighted by Crippen LogP contribution is 2.22. The Kier molecular flexibility index (Phi) is 2.47. The van der Waals surface area contributed by atoms with Gasteiger partial charge < -0.3 is 5.32 Å². The van der Waals surface area contributed by atoms with Gasteiger partial charge in [0.1, 0.15) is 0 Å². The summed E-state index contributed by atoms with van der Waals surface area (Å²) in [5.74, 6) is 0.801. The van der Waals surface area contributed by atoms with E-state index in [1.54, 1.807) is 10.9 Å². The van der Waals surface area contributed by atoms with Gasteiger partial charge in [-0.2, -0.15) is 5.10 Å².